The minimum Gasteiger partial charge on any atom is -0.0654 e. The first-order chi connectivity index (χ1) is 6.33. The molecule has 0 saturated heterocycles. The molecule has 0 heteroatoms. The molecule has 0 aromatic carbocycles. The zero-order valence-corrected chi connectivity index (χ0v) is 9.52. The monoisotopic (exact) mass is 182 g/mol. The summed E-state index contributed by atoms with van der Waals surface area (Å²) in [6, 6.07) is 0. The van der Waals surface area contributed by atoms with Gasteiger partial charge >= 0.3 is 0 Å². The second-order valence-corrected chi connectivity index (χ2v) is 4.98. The Morgan fingerprint density at radius 1 is 0.923 bits per heavy atom. The summed E-state index contributed by atoms with van der Waals surface area (Å²) in [7, 11) is 0. The molecule has 0 aromatic rings. The molecule has 1 fully saturated rings. The molecule has 1 rings (SSSR count). The third kappa shape index (κ3) is 4.69. The first kappa shape index (κ1) is 11.1. The Kier molecular flexibility index (Phi) is 5.50. The minimum absolute atomic E-state index is 1.00. The topological polar surface area (TPSA) is 0 Å². The number of hydrogen-bond acceptors (Lipinski definition) is 0. The average molecular weight is 182 g/mol. The van der Waals surface area contributed by atoms with Crippen LogP contribution in [0.25, 0.3) is 0 Å². The van der Waals surface area contributed by atoms with E-state index in [4.69, 9.17) is 0 Å². The Morgan fingerprint density at radius 2 is 1.54 bits per heavy atom. The van der Waals surface area contributed by atoms with Gasteiger partial charge in [-0.25, -0.2) is 0 Å². The summed E-state index contributed by atoms with van der Waals surface area (Å²) in [4.78, 5) is 0. The summed E-state index contributed by atoms with van der Waals surface area (Å²) < 4.78 is 0. The molecular weight excluding hydrogens is 156 g/mol. The summed E-state index contributed by atoms with van der Waals surface area (Å²) in [6.45, 7) is 4.76. The zero-order chi connectivity index (χ0) is 9.52. The third-order valence-electron chi connectivity index (χ3n) is 3.57. The van der Waals surface area contributed by atoms with Crippen molar-refractivity contribution in [2.75, 3.05) is 0 Å². The molecule has 0 nitrogen and oxygen atoms in total. The van der Waals surface area contributed by atoms with Gasteiger partial charge in [0.05, 0.1) is 0 Å². The zero-order valence-electron chi connectivity index (χ0n) is 9.52. The van der Waals surface area contributed by atoms with Gasteiger partial charge in [-0.1, -0.05) is 71.6 Å². The van der Waals surface area contributed by atoms with Crippen molar-refractivity contribution in [3.63, 3.8) is 0 Å². The summed E-state index contributed by atoms with van der Waals surface area (Å²) in [5.41, 5.74) is 0. The van der Waals surface area contributed by atoms with Gasteiger partial charge in [-0.15, -0.1) is 0 Å². The van der Waals surface area contributed by atoms with Crippen LogP contribution in [0, 0.1) is 11.8 Å². The molecule has 2 unspecified atom stereocenters. The second kappa shape index (κ2) is 6.45. The SMILES string of the molecule is CCCC1CCCCC(C)CCC1. The van der Waals surface area contributed by atoms with Crippen molar-refractivity contribution < 1.29 is 0 Å². The summed E-state index contributed by atoms with van der Waals surface area (Å²) in [5, 5.41) is 0. The first-order valence-corrected chi connectivity index (χ1v) is 6.33. The van der Waals surface area contributed by atoms with Crippen molar-refractivity contribution in [1.29, 1.82) is 0 Å². The molecule has 1 saturated carbocycles. The maximum atomic E-state index is 2.43. The van der Waals surface area contributed by atoms with Crippen LogP contribution in [-0.4, -0.2) is 0 Å². The quantitative estimate of drug-likeness (QED) is 0.576. The van der Waals surface area contributed by atoms with Gasteiger partial charge in [-0.05, 0) is 11.8 Å². The van der Waals surface area contributed by atoms with E-state index < -0.39 is 0 Å². The Balaban J connectivity index is 2.25. The van der Waals surface area contributed by atoms with Crippen LogP contribution < -0.4 is 0 Å². The predicted octanol–water partition coefficient (Wildman–Crippen LogP) is 4.78. The molecule has 0 aliphatic heterocycles. The van der Waals surface area contributed by atoms with E-state index >= 15 is 0 Å². The van der Waals surface area contributed by atoms with E-state index in [-0.39, 0.29) is 0 Å². The van der Waals surface area contributed by atoms with Crippen molar-refractivity contribution in [3.05, 3.63) is 0 Å². The van der Waals surface area contributed by atoms with Crippen molar-refractivity contribution in [2.45, 2.75) is 71.6 Å². The van der Waals surface area contributed by atoms with Gasteiger partial charge in [-0.3, -0.25) is 0 Å². The molecule has 13 heavy (non-hydrogen) atoms. The Labute approximate surface area is 84.1 Å². The lowest BCUT2D eigenvalue weighted by Gasteiger charge is -2.14. The van der Waals surface area contributed by atoms with Crippen LogP contribution in [-0.2, 0) is 0 Å². The Hall–Kier alpha value is 0. The highest BCUT2D eigenvalue weighted by Gasteiger charge is 2.11. The van der Waals surface area contributed by atoms with Gasteiger partial charge in [-0.2, -0.15) is 0 Å². The summed E-state index contributed by atoms with van der Waals surface area (Å²) in [6.07, 6.45) is 13.3. The van der Waals surface area contributed by atoms with Crippen LogP contribution in [0.2, 0.25) is 0 Å². The average Bonchev–Trinajstić information content (AvgIpc) is 2.20. The van der Waals surface area contributed by atoms with Gasteiger partial charge in [0.15, 0.2) is 0 Å². The molecular formula is C13H26. The largest absolute Gasteiger partial charge is 0.0654 e. The molecule has 0 spiro atoms. The molecule has 0 bridgehead atoms. The van der Waals surface area contributed by atoms with E-state index in [9.17, 15) is 0 Å². The van der Waals surface area contributed by atoms with Gasteiger partial charge in [0.1, 0.15) is 0 Å². The lowest BCUT2D eigenvalue weighted by atomic mass is 9.92. The second-order valence-electron chi connectivity index (χ2n) is 4.98. The maximum absolute atomic E-state index is 2.43. The molecule has 78 valence electrons. The van der Waals surface area contributed by atoms with E-state index in [0.717, 1.165) is 11.8 Å². The Morgan fingerprint density at radius 3 is 2.31 bits per heavy atom. The molecule has 1 aliphatic carbocycles. The highest BCUT2D eigenvalue weighted by Crippen LogP contribution is 2.27. The molecule has 0 heterocycles. The third-order valence-corrected chi connectivity index (χ3v) is 3.57. The fraction of sp³-hybridized carbons (Fsp3) is 1.00. The maximum Gasteiger partial charge on any atom is -0.0414 e. The van der Waals surface area contributed by atoms with E-state index in [1.54, 1.807) is 0 Å². The number of hydrogen-bond donors (Lipinski definition) is 0. The molecule has 0 aromatic heterocycles. The highest BCUT2D eigenvalue weighted by molar-refractivity contribution is 4.65. The van der Waals surface area contributed by atoms with Crippen LogP contribution in [0.4, 0.5) is 0 Å². The van der Waals surface area contributed by atoms with E-state index in [1.165, 1.54) is 57.8 Å². The lowest BCUT2D eigenvalue weighted by Crippen LogP contribution is -1.99. The predicted molar refractivity (Wildman–Crippen MR) is 59.9 cm³/mol. The van der Waals surface area contributed by atoms with Crippen molar-refractivity contribution in [2.24, 2.45) is 11.8 Å². The van der Waals surface area contributed by atoms with Gasteiger partial charge < -0.3 is 0 Å². The van der Waals surface area contributed by atoms with Crippen LogP contribution >= 0.6 is 0 Å². The first-order valence-electron chi connectivity index (χ1n) is 6.33. The molecule has 1 aliphatic rings. The van der Waals surface area contributed by atoms with Crippen LogP contribution in [0.5, 0.6) is 0 Å². The normalized spacial score (nSPS) is 31.8. The molecule has 0 amide bonds. The lowest BCUT2D eigenvalue weighted by molar-refractivity contribution is 0.393. The smallest absolute Gasteiger partial charge is 0.0414 e. The van der Waals surface area contributed by atoms with Crippen LogP contribution in [0.1, 0.15) is 71.6 Å². The Bertz CT molecular complexity index is 117. The van der Waals surface area contributed by atoms with Crippen molar-refractivity contribution in [3.8, 4) is 0 Å². The van der Waals surface area contributed by atoms with Crippen molar-refractivity contribution in [1.82, 2.24) is 0 Å². The highest BCUT2D eigenvalue weighted by atomic mass is 14.2. The molecule has 0 N–H and O–H groups in total. The fourth-order valence-corrected chi connectivity index (χ4v) is 2.67. The van der Waals surface area contributed by atoms with E-state index in [0.29, 0.717) is 0 Å². The van der Waals surface area contributed by atoms with E-state index in [1.807, 2.05) is 0 Å². The van der Waals surface area contributed by atoms with Gasteiger partial charge in [0, 0.05) is 0 Å². The van der Waals surface area contributed by atoms with Crippen LogP contribution in [0.3, 0.4) is 0 Å². The van der Waals surface area contributed by atoms with Gasteiger partial charge in [0.2, 0.25) is 0 Å². The molecule has 2 atom stereocenters. The number of rotatable bonds is 2. The fourth-order valence-electron chi connectivity index (χ4n) is 2.67. The van der Waals surface area contributed by atoms with Gasteiger partial charge in [0.25, 0.3) is 0 Å². The van der Waals surface area contributed by atoms with E-state index in [2.05, 4.69) is 13.8 Å². The minimum atomic E-state index is 1.00. The van der Waals surface area contributed by atoms with Crippen molar-refractivity contribution >= 4 is 0 Å². The molecule has 0 radical (unpaired) electrons. The summed E-state index contributed by atoms with van der Waals surface area (Å²) in [5.74, 6) is 2.07. The van der Waals surface area contributed by atoms with Crippen LogP contribution in [0.15, 0.2) is 0 Å². The standard InChI is InChI=1S/C13H26/c1-3-7-13-10-5-4-8-12(2)9-6-11-13/h12-13H,3-11H2,1-2H3. The summed E-state index contributed by atoms with van der Waals surface area (Å²) >= 11 is 0.